The Kier molecular flexibility index (Phi) is 8.14. The number of hydrogen-bond donors (Lipinski definition) is 2. The van der Waals surface area contributed by atoms with E-state index in [2.05, 4.69) is 16.3 Å². The Morgan fingerprint density at radius 1 is 1.32 bits per heavy atom. The number of aliphatic imine (C=N–C) groups is 1. The van der Waals surface area contributed by atoms with Crippen molar-refractivity contribution in [3.8, 4) is 0 Å². The van der Waals surface area contributed by atoms with Crippen LogP contribution in [0.3, 0.4) is 0 Å². The molecule has 0 saturated heterocycles. The first-order valence-electron chi connectivity index (χ1n) is 9.97. The SMILES string of the molecule is C=C(CC(CC(C(=O)O)C1=CN(C)C(NS(C)(=O)=O)N=C1)c1ccc(F)cc1)C(C)C. The molecule has 7 nitrogen and oxygen atoms in total. The summed E-state index contributed by atoms with van der Waals surface area (Å²) >= 11 is 0. The summed E-state index contributed by atoms with van der Waals surface area (Å²) in [5, 5.41) is 9.93. The smallest absolute Gasteiger partial charge is 0.311 e. The van der Waals surface area contributed by atoms with E-state index in [1.807, 2.05) is 13.8 Å². The Labute approximate surface area is 183 Å². The normalized spacial score (nSPS) is 18.6. The van der Waals surface area contributed by atoms with Crippen molar-refractivity contribution in [2.45, 2.75) is 38.9 Å². The molecule has 0 bridgehead atoms. The monoisotopic (exact) mass is 451 g/mol. The summed E-state index contributed by atoms with van der Waals surface area (Å²) in [6.07, 6.45) is 4.04. The van der Waals surface area contributed by atoms with E-state index in [9.17, 15) is 22.7 Å². The van der Waals surface area contributed by atoms with Gasteiger partial charge in [-0.3, -0.25) is 9.79 Å². The van der Waals surface area contributed by atoms with Gasteiger partial charge >= 0.3 is 5.97 Å². The zero-order valence-corrected chi connectivity index (χ0v) is 19.1. The summed E-state index contributed by atoms with van der Waals surface area (Å²) < 4.78 is 38.8. The first-order chi connectivity index (χ1) is 14.4. The number of nitrogens with zero attached hydrogens (tertiary/aromatic N) is 2. The summed E-state index contributed by atoms with van der Waals surface area (Å²) in [6.45, 7) is 8.18. The van der Waals surface area contributed by atoms with Crippen LogP contribution >= 0.6 is 0 Å². The molecule has 0 aliphatic carbocycles. The average molecular weight is 452 g/mol. The molecule has 1 aliphatic heterocycles. The van der Waals surface area contributed by atoms with Crippen LogP contribution in [0.5, 0.6) is 0 Å². The number of aliphatic carboxylic acids is 1. The zero-order valence-electron chi connectivity index (χ0n) is 18.2. The van der Waals surface area contributed by atoms with Crippen LogP contribution in [0.15, 0.2) is 53.2 Å². The number of carboxylic acid groups (broad SMARTS) is 1. The predicted molar refractivity (Wildman–Crippen MR) is 120 cm³/mol. The Morgan fingerprint density at radius 3 is 2.42 bits per heavy atom. The van der Waals surface area contributed by atoms with E-state index in [1.165, 1.54) is 23.2 Å². The van der Waals surface area contributed by atoms with Gasteiger partial charge in [-0.1, -0.05) is 38.1 Å². The van der Waals surface area contributed by atoms with Gasteiger partial charge in [-0.2, -0.15) is 4.72 Å². The van der Waals surface area contributed by atoms with E-state index in [1.54, 1.807) is 25.4 Å². The molecule has 1 aromatic rings. The van der Waals surface area contributed by atoms with Crippen LogP contribution in [0.2, 0.25) is 0 Å². The highest BCUT2D eigenvalue weighted by Gasteiger charge is 2.30. The van der Waals surface area contributed by atoms with E-state index in [0.717, 1.165) is 17.4 Å². The lowest BCUT2D eigenvalue weighted by atomic mass is 9.80. The lowest BCUT2D eigenvalue weighted by Gasteiger charge is -2.30. The molecule has 1 aliphatic rings. The lowest BCUT2D eigenvalue weighted by Crippen LogP contribution is -2.44. The highest BCUT2D eigenvalue weighted by molar-refractivity contribution is 7.88. The maximum absolute atomic E-state index is 13.4. The number of nitrogens with one attached hydrogen (secondary N) is 1. The fourth-order valence-electron chi connectivity index (χ4n) is 3.37. The highest BCUT2D eigenvalue weighted by Crippen LogP contribution is 2.35. The third kappa shape index (κ3) is 7.29. The van der Waals surface area contributed by atoms with E-state index in [-0.39, 0.29) is 24.1 Å². The molecule has 0 aromatic heterocycles. The average Bonchev–Trinajstić information content (AvgIpc) is 2.66. The molecule has 31 heavy (non-hydrogen) atoms. The van der Waals surface area contributed by atoms with Crippen molar-refractivity contribution in [2.24, 2.45) is 16.8 Å². The third-order valence-electron chi connectivity index (χ3n) is 5.31. The summed E-state index contributed by atoms with van der Waals surface area (Å²) in [5.41, 5.74) is 2.29. The number of sulfonamides is 1. The first kappa shape index (κ1) is 24.7. The van der Waals surface area contributed by atoms with Gasteiger partial charge in [-0.05, 0) is 42.4 Å². The molecule has 0 saturated carbocycles. The second-order valence-electron chi connectivity index (χ2n) is 8.23. The summed E-state index contributed by atoms with van der Waals surface area (Å²) in [6, 6.07) is 6.09. The molecule has 0 fully saturated rings. The quantitative estimate of drug-likeness (QED) is 0.532. The minimum absolute atomic E-state index is 0.178. The maximum atomic E-state index is 13.4. The van der Waals surface area contributed by atoms with Gasteiger partial charge < -0.3 is 10.0 Å². The van der Waals surface area contributed by atoms with Crippen molar-refractivity contribution in [3.63, 3.8) is 0 Å². The third-order valence-corrected chi connectivity index (χ3v) is 5.95. The summed E-state index contributed by atoms with van der Waals surface area (Å²) in [4.78, 5) is 17.8. The standard InChI is InChI=1S/C22H30FN3O4S/c1-14(2)15(3)10-17(16-6-8-19(23)9-7-16)11-20(21(27)28)18-12-24-22(26(4)13-18)25-31(5,29)30/h6-9,12-14,17,20,22,25H,3,10-11H2,1-2,4-5H3,(H,27,28). The number of allylic oxidation sites excluding steroid dienone is 1. The highest BCUT2D eigenvalue weighted by atomic mass is 32.2. The van der Waals surface area contributed by atoms with Gasteiger partial charge in [0.1, 0.15) is 5.82 Å². The fraction of sp³-hybridized carbons (Fsp3) is 0.455. The minimum Gasteiger partial charge on any atom is -0.481 e. The molecule has 2 rings (SSSR count). The van der Waals surface area contributed by atoms with Crippen LogP contribution in [0, 0.1) is 17.7 Å². The largest absolute Gasteiger partial charge is 0.481 e. The Morgan fingerprint density at radius 2 is 1.94 bits per heavy atom. The molecular weight excluding hydrogens is 421 g/mol. The van der Waals surface area contributed by atoms with Gasteiger partial charge in [0.25, 0.3) is 0 Å². The van der Waals surface area contributed by atoms with Crippen molar-refractivity contribution >= 4 is 22.2 Å². The van der Waals surface area contributed by atoms with E-state index in [4.69, 9.17) is 0 Å². The van der Waals surface area contributed by atoms with Crippen LogP contribution in [0.25, 0.3) is 0 Å². The van der Waals surface area contributed by atoms with Crippen molar-refractivity contribution in [1.29, 1.82) is 0 Å². The number of halogens is 1. The lowest BCUT2D eigenvalue weighted by molar-refractivity contribution is -0.140. The minimum atomic E-state index is -3.48. The van der Waals surface area contributed by atoms with E-state index < -0.39 is 28.2 Å². The molecule has 0 radical (unpaired) electrons. The Hall–Kier alpha value is -2.52. The van der Waals surface area contributed by atoms with Crippen LogP contribution in [0.4, 0.5) is 4.39 Å². The molecule has 9 heteroatoms. The summed E-state index contributed by atoms with van der Waals surface area (Å²) in [7, 11) is -1.86. The number of hydrogen-bond acceptors (Lipinski definition) is 5. The molecule has 1 aromatic carbocycles. The van der Waals surface area contributed by atoms with Gasteiger partial charge in [-0.15, -0.1) is 0 Å². The van der Waals surface area contributed by atoms with Gasteiger partial charge in [-0.25, -0.2) is 12.8 Å². The van der Waals surface area contributed by atoms with Gasteiger partial charge in [0, 0.05) is 25.0 Å². The van der Waals surface area contributed by atoms with Crippen molar-refractivity contribution < 1.29 is 22.7 Å². The van der Waals surface area contributed by atoms with Crippen molar-refractivity contribution in [1.82, 2.24) is 9.62 Å². The first-order valence-corrected chi connectivity index (χ1v) is 11.9. The van der Waals surface area contributed by atoms with Crippen molar-refractivity contribution in [2.75, 3.05) is 13.3 Å². The molecule has 3 atom stereocenters. The molecule has 0 amide bonds. The molecule has 1 heterocycles. The topological polar surface area (TPSA) is 99.1 Å². The molecule has 0 spiro atoms. The predicted octanol–water partition coefficient (Wildman–Crippen LogP) is 3.34. The van der Waals surface area contributed by atoms with Crippen LogP contribution in [0.1, 0.15) is 38.2 Å². The zero-order chi connectivity index (χ0) is 23.3. The number of benzene rings is 1. The number of carbonyl (C=O) groups is 1. The molecular formula is C22H30FN3O4S. The van der Waals surface area contributed by atoms with Gasteiger partial charge in [0.15, 0.2) is 6.29 Å². The molecule has 170 valence electrons. The Bertz CT molecular complexity index is 971. The van der Waals surface area contributed by atoms with E-state index in [0.29, 0.717) is 12.0 Å². The Balaban J connectivity index is 2.30. The van der Waals surface area contributed by atoms with E-state index >= 15 is 0 Å². The fourth-order valence-corrected chi connectivity index (χ4v) is 3.98. The van der Waals surface area contributed by atoms with Crippen molar-refractivity contribution in [3.05, 3.63) is 59.6 Å². The van der Waals surface area contributed by atoms with Gasteiger partial charge in [0.05, 0.1) is 12.2 Å². The van der Waals surface area contributed by atoms with Gasteiger partial charge in [0.2, 0.25) is 10.0 Å². The van der Waals surface area contributed by atoms with Crippen LogP contribution in [-0.4, -0.2) is 50.2 Å². The second kappa shape index (κ2) is 10.2. The number of rotatable bonds is 10. The van der Waals surface area contributed by atoms with Crippen LogP contribution < -0.4 is 4.72 Å². The summed E-state index contributed by atoms with van der Waals surface area (Å²) in [5.74, 6) is -2.19. The number of carboxylic acids is 1. The van der Waals surface area contributed by atoms with Crippen LogP contribution in [-0.2, 0) is 14.8 Å². The molecule has 3 unspecified atom stereocenters. The molecule has 2 N–H and O–H groups in total. The second-order valence-corrected chi connectivity index (χ2v) is 10.0. The maximum Gasteiger partial charge on any atom is 0.311 e.